The lowest BCUT2D eigenvalue weighted by Gasteiger charge is -2.04. The number of rotatable bonds is 12. The van der Waals surface area contributed by atoms with Gasteiger partial charge < -0.3 is 43.5 Å². The molecule has 0 spiro atoms. The number of alkyl halides is 2. The fraction of sp³-hybridized carbons (Fsp3) is 0.0933. The highest BCUT2D eigenvalue weighted by atomic mass is 79.9. The molecule has 0 saturated heterocycles. The Morgan fingerprint density at radius 1 is 0.312 bits per heavy atom. The molecule has 34 heteroatoms. The van der Waals surface area contributed by atoms with Gasteiger partial charge in [-0.05, 0) is 131 Å². The van der Waals surface area contributed by atoms with E-state index in [-0.39, 0.29) is 34.0 Å². The number of hydrogen-bond donors (Lipinski definition) is 1. The van der Waals surface area contributed by atoms with Crippen molar-refractivity contribution in [1.82, 2.24) is 98.4 Å². The molecule has 1 N–H and O–H groups in total. The first-order valence-corrected chi connectivity index (χ1v) is 37.0. The molecule has 0 radical (unpaired) electrons. The molecular weight excluding hydrogens is 1770 g/mol. The maximum atomic E-state index is 6.47. The Kier molecular flexibility index (Phi) is 28.9. The first-order chi connectivity index (χ1) is 52.2. The molecule has 0 bridgehead atoms. The van der Waals surface area contributed by atoms with Crippen LogP contribution < -0.4 is 43.1 Å². The number of hydrogen-bond acceptors (Lipinski definition) is 16. The summed E-state index contributed by atoms with van der Waals surface area (Å²) in [6, 6.07) is 54.3. The monoisotopic (exact) mass is 1810 g/mol. The normalized spacial score (nSPS) is 10.8. The highest BCUT2D eigenvalue weighted by molar-refractivity contribution is 9.08. The highest BCUT2D eigenvalue weighted by Crippen LogP contribution is 2.25. The molecule has 0 fully saturated rings. The average molecular weight is 1820 g/mol. The van der Waals surface area contributed by atoms with Crippen molar-refractivity contribution in [3.8, 4) is 0 Å². The molecule has 0 unspecified atom stereocenters. The minimum atomic E-state index is 0. The van der Waals surface area contributed by atoms with Crippen LogP contribution in [0.4, 0.5) is 0 Å². The van der Waals surface area contributed by atoms with Crippen LogP contribution in [-0.2, 0) is 43.9 Å². The Balaban J connectivity index is 0.000000137. The van der Waals surface area contributed by atoms with Crippen LogP contribution in [0.5, 0.6) is 0 Å². The molecule has 0 aliphatic heterocycles. The van der Waals surface area contributed by atoms with Crippen LogP contribution in [-0.4, -0.2) is 98.4 Å². The van der Waals surface area contributed by atoms with Gasteiger partial charge in [-0.15, -0.1) is 11.6 Å². The summed E-state index contributed by atoms with van der Waals surface area (Å²) in [5, 5.41) is 3.93. The Bertz CT molecular complexity index is 5630. The Labute approximate surface area is 696 Å². The number of benzene rings is 7. The molecule has 18 aromatic rings. The number of para-hydroxylation sites is 14. The molecule has 7 aromatic carbocycles. The first-order valence-electron chi connectivity index (χ1n) is 32.3. The van der Waals surface area contributed by atoms with Crippen LogP contribution in [0.15, 0.2) is 239 Å². The highest BCUT2D eigenvalue weighted by Gasteiger charge is 2.24. The van der Waals surface area contributed by atoms with Crippen LogP contribution in [0, 0.1) is 0 Å². The molecular formula is C75H54Br3Cl9N22. The zero-order valence-corrected chi connectivity index (χ0v) is 68.0. The van der Waals surface area contributed by atoms with E-state index in [2.05, 4.69) is 101 Å². The molecule has 0 aliphatic carbocycles. The van der Waals surface area contributed by atoms with Crippen molar-refractivity contribution in [2.24, 2.45) is 0 Å². The van der Waals surface area contributed by atoms with E-state index >= 15 is 0 Å². The second-order valence-electron chi connectivity index (χ2n) is 23.1. The van der Waals surface area contributed by atoms with Gasteiger partial charge in [0.25, 0.3) is 20.6 Å². The van der Waals surface area contributed by atoms with E-state index in [0.717, 1.165) is 122 Å². The number of fused-ring (bicyclic) bond motifs is 7. The van der Waals surface area contributed by atoms with Crippen LogP contribution in [0.3, 0.4) is 0 Å². The second-order valence-corrected chi connectivity index (χ2v) is 26.8. The van der Waals surface area contributed by atoms with Gasteiger partial charge in [-0.1, -0.05) is 147 Å². The van der Waals surface area contributed by atoms with Crippen molar-refractivity contribution < 1.29 is 43.1 Å². The minimum Gasteiger partial charge on any atom is -1.00 e. The molecule has 22 nitrogen and oxygen atoms in total. The number of nitrogens with one attached hydrogen (secondary N) is 1. The summed E-state index contributed by atoms with van der Waals surface area (Å²) in [5.74, 6) is 0.415. The van der Waals surface area contributed by atoms with Crippen molar-refractivity contribution >= 4 is 198 Å². The minimum absolute atomic E-state index is 0. The van der Waals surface area contributed by atoms with E-state index < -0.39 is 0 Å². The van der Waals surface area contributed by atoms with Gasteiger partial charge in [0.2, 0.25) is 12.7 Å². The van der Waals surface area contributed by atoms with Crippen LogP contribution >= 0.6 is 120 Å². The van der Waals surface area contributed by atoms with Gasteiger partial charge in [0.15, 0.2) is 10.3 Å². The predicted octanol–water partition coefficient (Wildman–Crippen LogP) is 11.9. The third kappa shape index (κ3) is 21.0. The molecule has 11 heterocycles. The number of H-pyrrole nitrogens is 1. The van der Waals surface area contributed by atoms with Crippen molar-refractivity contribution in [3.05, 3.63) is 320 Å². The maximum Gasteiger partial charge on any atom is 0.255 e. The molecule has 548 valence electrons. The summed E-state index contributed by atoms with van der Waals surface area (Å²) in [4.78, 5) is 72.5. The Morgan fingerprint density at radius 2 is 0.587 bits per heavy atom. The van der Waals surface area contributed by atoms with E-state index in [0.29, 0.717) is 79.8 Å². The summed E-state index contributed by atoms with van der Waals surface area (Å²) in [6.07, 6.45) is 19.0. The zero-order valence-electron chi connectivity index (χ0n) is 56.4. The van der Waals surface area contributed by atoms with Crippen LogP contribution in [0.1, 0.15) is 39.9 Å². The lowest BCUT2D eigenvalue weighted by molar-refractivity contribution is -0.686. The van der Waals surface area contributed by atoms with E-state index in [1.165, 1.54) is 6.33 Å². The van der Waals surface area contributed by atoms with Crippen molar-refractivity contribution in [1.29, 1.82) is 0 Å². The van der Waals surface area contributed by atoms with E-state index in [9.17, 15) is 0 Å². The molecule has 0 amide bonds. The molecule has 18 rings (SSSR count). The smallest absolute Gasteiger partial charge is 0.255 e. The SMILES string of the molecule is BrCc1cnc2ccccc2n1.ClCc1cnc2ccccc2n1.Clc1c(Cl)[n+](Cc2cnc3ccccc3n2)cn1Cc1cnc2ccccc2n1.Clc1c(Cl)[n+](Cc2cnc3ccccc3n2)cn1Cc1cnc2ccccc2n1.Clc1nc[nH]c1Cl.Clc1ncn(Cc2cnc3ccccc3n2)c1Cl.[Br-].[Br-]. The van der Waals surface area contributed by atoms with Gasteiger partial charge in [-0.2, -0.15) is 0 Å². The van der Waals surface area contributed by atoms with Crippen LogP contribution in [0.2, 0.25) is 41.2 Å². The number of nitrogens with zero attached hydrogens (tertiary/aromatic N) is 21. The molecule has 0 aliphatic rings. The standard InChI is InChI=1S/2C21H15Cl2N6.C12H8Cl2N4.C9H7BrN2.C9H7ClN2.C3H2Cl2N2.2BrH/c2*22-20-21(23)29(12-15-10-25-17-6-2-4-8-19(17)27-15)13-28(20)11-14-9-24-16-5-1-3-7-18(16)26-14;13-11-12(14)18(7-16-11)6-8-5-15-9-3-1-2-4-10(9)17-8;2*10-5-7-6-11-8-3-1-2-4-9(8)12-7;4-2-3(5)7-1-6-2;;/h2*1-10,13H,11-12H2;1-5,7H,6H2;2*1-4,6H,5H2;1H,(H,6,7);2*1H/q2*+1;;;;;;/p-2. The van der Waals surface area contributed by atoms with Crippen LogP contribution in [0.25, 0.3) is 77.2 Å². The van der Waals surface area contributed by atoms with Crippen molar-refractivity contribution in [2.45, 2.75) is 43.9 Å². The van der Waals surface area contributed by atoms with E-state index in [4.69, 9.17) is 104 Å². The fourth-order valence-electron chi connectivity index (χ4n) is 10.5. The Morgan fingerprint density at radius 3 is 0.862 bits per heavy atom. The van der Waals surface area contributed by atoms with Gasteiger partial charge in [0.1, 0.15) is 59.3 Å². The average Bonchev–Trinajstić information content (AvgIpc) is 1.67. The predicted molar refractivity (Wildman–Crippen MR) is 425 cm³/mol. The first kappa shape index (κ1) is 80.8. The summed E-state index contributed by atoms with van der Waals surface area (Å²) in [5.41, 5.74) is 18.1. The fourth-order valence-corrected chi connectivity index (χ4v) is 12.3. The summed E-state index contributed by atoms with van der Waals surface area (Å²) in [7, 11) is 0. The zero-order chi connectivity index (χ0) is 74.2. The largest absolute Gasteiger partial charge is 1.00 e. The topological polar surface area (TPSA) is 245 Å². The third-order valence-corrected chi connectivity index (χ3v) is 19.7. The van der Waals surface area contributed by atoms with E-state index in [1.807, 2.05) is 201 Å². The second kappa shape index (κ2) is 38.9. The maximum absolute atomic E-state index is 6.47. The number of imidazole rings is 4. The van der Waals surface area contributed by atoms with Crippen molar-refractivity contribution in [2.75, 3.05) is 0 Å². The molecule has 0 saturated carbocycles. The molecule has 109 heavy (non-hydrogen) atoms. The van der Waals surface area contributed by atoms with Crippen molar-refractivity contribution in [3.63, 3.8) is 0 Å². The number of halogens is 12. The quantitative estimate of drug-likeness (QED) is 0.0882. The third-order valence-electron chi connectivity index (χ3n) is 15.6. The van der Waals surface area contributed by atoms with Gasteiger partial charge in [-0.25, -0.2) is 63.1 Å². The summed E-state index contributed by atoms with van der Waals surface area (Å²) < 4.78 is 9.10. The van der Waals surface area contributed by atoms with Gasteiger partial charge in [-0.3, -0.25) is 34.9 Å². The van der Waals surface area contributed by atoms with Gasteiger partial charge in [0, 0.05) is 11.5 Å². The Hall–Kier alpha value is -9.19. The molecule has 0 atom stereocenters. The molecule has 11 aromatic heterocycles. The summed E-state index contributed by atoms with van der Waals surface area (Å²) >= 11 is 57.4. The lowest BCUT2D eigenvalue weighted by atomic mass is 10.3. The lowest BCUT2D eigenvalue weighted by Crippen LogP contribution is -3.00. The summed E-state index contributed by atoms with van der Waals surface area (Å²) in [6.45, 7) is 2.36. The van der Waals surface area contributed by atoms with E-state index in [1.54, 1.807) is 54.3 Å². The number of aromatic nitrogens is 22. The van der Waals surface area contributed by atoms with Gasteiger partial charge >= 0.3 is 0 Å². The van der Waals surface area contributed by atoms with Gasteiger partial charge in [0.05, 0.1) is 157 Å². The number of aromatic amines is 1.